The predicted molar refractivity (Wildman–Crippen MR) is 80.1 cm³/mol. The van der Waals surface area contributed by atoms with E-state index in [1.54, 1.807) is 0 Å². The molecule has 0 saturated heterocycles. The summed E-state index contributed by atoms with van der Waals surface area (Å²) in [6.45, 7) is 3.61. The summed E-state index contributed by atoms with van der Waals surface area (Å²) in [5.74, 6) is -0.164. The number of rotatable bonds is 5. The maximum atomic E-state index is 12.2. The van der Waals surface area contributed by atoms with Gasteiger partial charge in [0, 0.05) is 0 Å². The van der Waals surface area contributed by atoms with Crippen LogP contribution in [-0.4, -0.2) is 28.6 Å². The lowest BCUT2D eigenvalue weighted by molar-refractivity contribution is 0.0920. The van der Waals surface area contributed by atoms with E-state index in [4.69, 9.17) is 0 Å². The number of hydrogen-bond acceptors (Lipinski definition) is 4. The Morgan fingerprint density at radius 2 is 2.05 bits per heavy atom. The fraction of sp³-hybridized carbons (Fsp3) is 0.333. The smallest absolute Gasteiger partial charge is 0.263 e. The highest BCUT2D eigenvalue weighted by atomic mass is 32.1. The zero-order chi connectivity index (χ0) is 14.5. The highest BCUT2D eigenvalue weighted by molar-refractivity contribution is 7.13. The van der Waals surface area contributed by atoms with Gasteiger partial charge in [-0.05, 0) is 25.8 Å². The van der Waals surface area contributed by atoms with Gasteiger partial charge >= 0.3 is 0 Å². The van der Waals surface area contributed by atoms with Crippen LogP contribution in [-0.2, 0) is 6.42 Å². The number of aliphatic hydroxyl groups excluding tert-OH is 1. The minimum atomic E-state index is -0.285. The molecule has 0 fully saturated rings. The molecule has 0 aliphatic heterocycles. The number of benzene rings is 1. The largest absolute Gasteiger partial charge is 0.394 e. The molecular formula is C15H18N2O2S. The first-order chi connectivity index (χ1) is 9.60. The van der Waals surface area contributed by atoms with Crippen LogP contribution in [0, 0.1) is 13.8 Å². The Hall–Kier alpha value is -1.72. The van der Waals surface area contributed by atoms with Gasteiger partial charge in [0.1, 0.15) is 4.88 Å². The Kier molecular flexibility index (Phi) is 4.87. The average molecular weight is 290 g/mol. The maximum Gasteiger partial charge on any atom is 0.263 e. The first-order valence-corrected chi connectivity index (χ1v) is 7.31. The Balaban J connectivity index is 2.03. The van der Waals surface area contributed by atoms with E-state index >= 15 is 0 Å². The van der Waals surface area contributed by atoms with Gasteiger partial charge in [0.15, 0.2) is 0 Å². The lowest BCUT2D eigenvalue weighted by atomic mass is 10.1. The summed E-state index contributed by atoms with van der Waals surface area (Å²) in [7, 11) is 0. The van der Waals surface area contributed by atoms with Crippen LogP contribution in [0.3, 0.4) is 0 Å². The second kappa shape index (κ2) is 6.63. The van der Waals surface area contributed by atoms with Gasteiger partial charge in [-0.2, -0.15) is 0 Å². The Morgan fingerprint density at radius 1 is 1.35 bits per heavy atom. The Labute approximate surface area is 122 Å². The van der Waals surface area contributed by atoms with Gasteiger partial charge in [-0.15, -0.1) is 11.3 Å². The zero-order valence-electron chi connectivity index (χ0n) is 11.6. The number of hydrogen-bond donors (Lipinski definition) is 2. The molecule has 2 aromatic rings. The lowest BCUT2D eigenvalue weighted by Crippen LogP contribution is -2.39. The van der Waals surface area contributed by atoms with Gasteiger partial charge in [-0.25, -0.2) is 4.98 Å². The average Bonchev–Trinajstić information content (AvgIpc) is 2.78. The fourth-order valence-electron chi connectivity index (χ4n) is 2.05. The van der Waals surface area contributed by atoms with Gasteiger partial charge in [0.05, 0.1) is 23.4 Å². The third-order valence-corrected chi connectivity index (χ3v) is 4.06. The fourth-order valence-corrected chi connectivity index (χ4v) is 2.88. The molecule has 20 heavy (non-hydrogen) atoms. The van der Waals surface area contributed by atoms with Gasteiger partial charge in [0.25, 0.3) is 5.91 Å². The summed E-state index contributed by atoms with van der Waals surface area (Å²) in [5, 5.41) is 13.2. The molecular weight excluding hydrogens is 272 g/mol. The van der Waals surface area contributed by atoms with Crippen LogP contribution in [0.1, 0.15) is 25.9 Å². The molecule has 106 valence electrons. The van der Waals surface area contributed by atoms with Gasteiger partial charge in [-0.3, -0.25) is 4.79 Å². The molecule has 0 radical (unpaired) electrons. The van der Waals surface area contributed by atoms with Crippen molar-refractivity contribution in [3.63, 3.8) is 0 Å². The van der Waals surface area contributed by atoms with Crippen molar-refractivity contribution in [3.05, 3.63) is 51.5 Å². The molecule has 0 unspecified atom stereocenters. The van der Waals surface area contributed by atoms with Crippen molar-refractivity contribution in [2.75, 3.05) is 6.61 Å². The number of aliphatic hydroxyl groups is 1. The molecule has 1 aromatic heterocycles. The predicted octanol–water partition coefficient (Wildman–Crippen LogP) is 2.09. The molecule has 0 bridgehead atoms. The molecule has 1 atom stereocenters. The number of aryl methyl sites for hydroxylation is 2. The molecule has 2 N–H and O–H groups in total. The van der Waals surface area contributed by atoms with Crippen LogP contribution < -0.4 is 5.32 Å². The van der Waals surface area contributed by atoms with Crippen molar-refractivity contribution in [2.45, 2.75) is 26.3 Å². The first-order valence-electron chi connectivity index (χ1n) is 6.50. The summed E-state index contributed by atoms with van der Waals surface area (Å²) < 4.78 is 0. The Morgan fingerprint density at radius 3 is 2.60 bits per heavy atom. The molecule has 1 amide bonds. The second-order valence-electron chi connectivity index (χ2n) is 4.69. The molecule has 0 aliphatic carbocycles. The van der Waals surface area contributed by atoms with E-state index < -0.39 is 0 Å². The number of nitrogens with zero attached hydrogens (tertiary/aromatic N) is 1. The van der Waals surface area contributed by atoms with E-state index in [-0.39, 0.29) is 18.6 Å². The molecule has 0 spiro atoms. The van der Waals surface area contributed by atoms with Crippen molar-refractivity contribution >= 4 is 17.2 Å². The third kappa shape index (κ3) is 3.65. The number of thiazole rings is 1. The molecule has 2 rings (SSSR count). The topological polar surface area (TPSA) is 62.2 Å². The first kappa shape index (κ1) is 14.7. The van der Waals surface area contributed by atoms with Crippen LogP contribution in [0.5, 0.6) is 0 Å². The summed E-state index contributed by atoms with van der Waals surface area (Å²) >= 11 is 1.38. The molecule has 1 heterocycles. The van der Waals surface area contributed by atoms with Crippen molar-refractivity contribution in [2.24, 2.45) is 0 Å². The van der Waals surface area contributed by atoms with Crippen LogP contribution in [0.25, 0.3) is 0 Å². The molecule has 0 aliphatic rings. The van der Waals surface area contributed by atoms with Crippen LogP contribution in [0.2, 0.25) is 0 Å². The molecule has 0 saturated carbocycles. The van der Waals surface area contributed by atoms with E-state index in [1.807, 2.05) is 44.2 Å². The molecule has 4 nitrogen and oxygen atoms in total. The van der Waals surface area contributed by atoms with Crippen molar-refractivity contribution in [1.29, 1.82) is 0 Å². The normalized spacial score (nSPS) is 12.2. The number of carbonyl (C=O) groups excluding carboxylic acids is 1. The van der Waals surface area contributed by atoms with E-state index in [1.165, 1.54) is 11.3 Å². The van der Waals surface area contributed by atoms with Crippen molar-refractivity contribution < 1.29 is 9.90 Å². The highest BCUT2D eigenvalue weighted by Gasteiger charge is 2.17. The molecule has 5 heteroatoms. The quantitative estimate of drug-likeness (QED) is 0.886. The van der Waals surface area contributed by atoms with E-state index in [2.05, 4.69) is 10.3 Å². The second-order valence-corrected chi connectivity index (χ2v) is 5.89. The number of amides is 1. The van der Waals surface area contributed by atoms with E-state index in [9.17, 15) is 9.90 Å². The zero-order valence-corrected chi connectivity index (χ0v) is 12.4. The summed E-state index contributed by atoms with van der Waals surface area (Å²) in [6, 6.07) is 9.52. The Bertz CT molecular complexity index is 581. The van der Waals surface area contributed by atoms with Crippen LogP contribution in [0.15, 0.2) is 30.3 Å². The number of nitrogens with one attached hydrogen (secondary N) is 1. The summed E-state index contributed by atoms with van der Waals surface area (Å²) in [6.07, 6.45) is 0.611. The summed E-state index contributed by atoms with van der Waals surface area (Å²) in [4.78, 5) is 17.1. The molecule has 1 aromatic carbocycles. The van der Waals surface area contributed by atoms with Crippen molar-refractivity contribution in [1.82, 2.24) is 10.3 Å². The van der Waals surface area contributed by atoms with Crippen LogP contribution in [0.4, 0.5) is 0 Å². The highest BCUT2D eigenvalue weighted by Crippen LogP contribution is 2.17. The minimum Gasteiger partial charge on any atom is -0.394 e. The number of aromatic nitrogens is 1. The minimum absolute atomic E-state index is 0.0858. The van der Waals surface area contributed by atoms with Gasteiger partial charge in [-0.1, -0.05) is 30.3 Å². The van der Waals surface area contributed by atoms with Crippen LogP contribution >= 0.6 is 11.3 Å². The van der Waals surface area contributed by atoms with E-state index in [0.29, 0.717) is 11.3 Å². The SMILES string of the molecule is Cc1nc(C)c(C(=O)N[C@H](CO)Cc2ccccc2)s1. The monoisotopic (exact) mass is 290 g/mol. The van der Waals surface area contributed by atoms with Crippen molar-refractivity contribution in [3.8, 4) is 0 Å². The third-order valence-electron chi connectivity index (χ3n) is 2.99. The number of carbonyl (C=O) groups is 1. The standard InChI is InChI=1S/C15H18N2O2S/c1-10-14(20-11(2)16-10)15(19)17-13(9-18)8-12-6-4-3-5-7-12/h3-7,13,18H,8-9H2,1-2H3,(H,17,19)/t13-/m0/s1. The van der Waals surface area contributed by atoms with E-state index in [0.717, 1.165) is 16.3 Å². The lowest BCUT2D eigenvalue weighted by Gasteiger charge is -2.16. The maximum absolute atomic E-state index is 12.2. The van der Waals surface area contributed by atoms with Gasteiger partial charge in [0.2, 0.25) is 0 Å². The summed E-state index contributed by atoms with van der Waals surface area (Å²) in [5.41, 5.74) is 1.82. The van der Waals surface area contributed by atoms with Gasteiger partial charge < -0.3 is 10.4 Å².